The monoisotopic (exact) mass is 251 g/mol. The third-order valence-corrected chi connectivity index (χ3v) is 2.89. The van der Waals surface area contributed by atoms with Gasteiger partial charge < -0.3 is 20.8 Å². The Kier molecular flexibility index (Phi) is 3.15. The molecule has 1 amide bonds. The number of β-amino-alcohol motifs (C(OH)–C–C–N with tert-alkyl or cyclic N) is 1. The number of nitrogens with zero attached hydrogens (tertiary/aromatic N) is 2. The fourth-order valence-corrected chi connectivity index (χ4v) is 2.07. The quantitative estimate of drug-likeness (QED) is 0.647. The van der Waals surface area contributed by atoms with E-state index in [0.29, 0.717) is 5.69 Å². The van der Waals surface area contributed by atoms with E-state index in [9.17, 15) is 14.7 Å². The number of carboxylic acid groups (broad SMARTS) is 1. The first-order valence-corrected chi connectivity index (χ1v) is 5.42. The molecule has 0 bridgehead atoms. The van der Waals surface area contributed by atoms with Crippen molar-refractivity contribution in [2.75, 3.05) is 11.4 Å². The van der Waals surface area contributed by atoms with Gasteiger partial charge in [0.25, 0.3) is 5.91 Å². The van der Waals surface area contributed by atoms with E-state index in [1.807, 2.05) is 0 Å². The number of aromatic nitrogens is 1. The molecule has 2 atom stereocenters. The number of pyridine rings is 1. The summed E-state index contributed by atoms with van der Waals surface area (Å²) in [6, 6.07) is 2.21. The maximum Gasteiger partial charge on any atom is 0.326 e. The third kappa shape index (κ3) is 2.25. The number of nitrogens with two attached hydrogens (primary N) is 1. The third-order valence-electron chi connectivity index (χ3n) is 2.89. The Balaban J connectivity index is 2.32. The van der Waals surface area contributed by atoms with Crippen LogP contribution in [0.4, 0.5) is 5.69 Å². The molecule has 1 aromatic heterocycles. The zero-order chi connectivity index (χ0) is 13.3. The number of amides is 1. The highest BCUT2D eigenvalue weighted by Crippen LogP contribution is 2.26. The summed E-state index contributed by atoms with van der Waals surface area (Å²) in [5.74, 6) is -1.69. The van der Waals surface area contributed by atoms with Gasteiger partial charge >= 0.3 is 5.97 Å². The van der Waals surface area contributed by atoms with E-state index in [1.165, 1.54) is 17.2 Å². The molecule has 1 aliphatic rings. The summed E-state index contributed by atoms with van der Waals surface area (Å²) in [6.45, 7) is 0.208. The van der Waals surface area contributed by atoms with Crippen LogP contribution in [-0.4, -0.2) is 45.8 Å². The molecule has 0 spiro atoms. The van der Waals surface area contributed by atoms with Gasteiger partial charge in [0.1, 0.15) is 11.7 Å². The predicted octanol–water partition coefficient (Wildman–Crippen LogP) is -0.795. The van der Waals surface area contributed by atoms with Crippen LogP contribution < -0.4 is 10.6 Å². The minimum Gasteiger partial charge on any atom is -0.480 e. The van der Waals surface area contributed by atoms with Crippen LogP contribution in [0.3, 0.4) is 0 Å². The number of anilines is 1. The number of hydrogen-bond acceptors (Lipinski definition) is 5. The molecule has 1 aromatic rings. The fraction of sp³-hybridized carbons (Fsp3) is 0.364. The maximum absolute atomic E-state index is 11.1. The normalized spacial score (nSPS) is 23.1. The molecule has 2 unspecified atom stereocenters. The Morgan fingerprint density at radius 2 is 2.22 bits per heavy atom. The molecule has 1 aliphatic heterocycles. The van der Waals surface area contributed by atoms with E-state index >= 15 is 0 Å². The highest BCUT2D eigenvalue weighted by Gasteiger charge is 2.36. The van der Waals surface area contributed by atoms with Crippen molar-refractivity contribution >= 4 is 17.6 Å². The first-order chi connectivity index (χ1) is 8.49. The second-order valence-corrected chi connectivity index (χ2v) is 4.16. The molecule has 0 saturated carbocycles. The zero-order valence-corrected chi connectivity index (χ0v) is 9.48. The Labute approximate surface area is 103 Å². The van der Waals surface area contributed by atoms with Crippen LogP contribution in [0.2, 0.25) is 0 Å². The van der Waals surface area contributed by atoms with E-state index in [0.717, 1.165) is 0 Å². The maximum atomic E-state index is 11.1. The highest BCUT2D eigenvalue weighted by atomic mass is 16.4. The van der Waals surface area contributed by atoms with Crippen molar-refractivity contribution in [2.24, 2.45) is 5.73 Å². The van der Waals surface area contributed by atoms with Gasteiger partial charge in [-0.2, -0.15) is 0 Å². The molecule has 7 heteroatoms. The molecule has 2 heterocycles. The largest absolute Gasteiger partial charge is 0.480 e. The number of aliphatic hydroxyl groups is 1. The van der Waals surface area contributed by atoms with Crippen molar-refractivity contribution in [1.82, 2.24) is 4.98 Å². The summed E-state index contributed by atoms with van der Waals surface area (Å²) in [6.07, 6.45) is 0.846. The standard InChI is InChI=1S/C11H13N3O4/c12-10(16)8-3-6(1-2-13-8)14-5-7(15)4-9(14)11(17)18/h1-3,7,9,15H,4-5H2,(H2,12,16)(H,17,18). The van der Waals surface area contributed by atoms with Gasteiger partial charge in [0.2, 0.25) is 0 Å². The number of carbonyl (C=O) groups is 2. The van der Waals surface area contributed by atoms with Crippen molar-refractivity contribution < 1.29 is 19.8 Å². The second-order valence-electron chi connectivity index (χ2n) is 4.16. The van der Waals surface area contributed by atoms with E-state index in [-0.39, 0.29) is 18.7 Å². The van der Waals surface area contributed by atoms with E-state index in [4.69, 9.17) is 10.8 Å². The van der Waals surface area contributed by atoms with E-state index in [2.05, 4.69) is 4.98 Å². The van der Waals surface area contributed by atoms with Gasteiger partial charge in [-0.3, -0.25) is 9.78 Å². The Bertz CT molecular complexity index is 491. The van der Waals surface area contributed by atoms with Crippen molar-refractivity contribution in [1.29, 1.82) is 0 Å². The van der Waals surface area contributed by atoms with Crippen LogP contribution in [0.5, 0.6) is 0 Å². The first-order valence-electron chi connectivity index (χ1n) is 5.42. The SMILES string of the molecule is NC(=O)c1cc(N2CC(O)CC2C(=O)O)ccn1. The van der Waals surface area contributed by atoms with Gasteiger partial charge in [-0.15, -0.1) is 0 Å². The van der Waals surface area contributed by atoms with Gasteiger partial charge in [-0.25, -0.2) is 4.79 Å². The number of hydrogen-bond donors (Lipinski definition) is 3. The highest BCUT2D eigenvalue weighted by molar-refractivity contribution is 5.92. The number of primary amides is 1. The molecule has 1 saturated heterocycles. The smallest absolute Gasteiger partial charge is 0.326 e. The summed E-state index contributed by atoms with van der Waals surface area (Å²) in [5.41, 5.74) is 5.70. The minimum atomic E-state index is -1.01. The van der Waals surface area contributed by atoms with Crippen molar-refractivity contribution in [2.45, 2.75) is 18.6 Å². The molecule has 18 heavy (non-hydrogen) atoms. The fourth-order valence-electron chi connectivity index (χ4n) is 2.07. The minimum absolute atomic E-state index is 0.0676. The van der Waals surface area contributed by atoms with Crippen LogP contribution in [-0.2, 0) is 4.79 Å². The zero-order valence-electron chi connectivity index (χ0n) is 9.48. The summed E-state index contributed by atoms with van der Waals surface area (Å²) >= 11 is 0. The van der Waals surface area contributed by atoms with Crippen LogP contribution in [0.1, 0.15) is 16.9 Å². The van der Waals surface area contributed by atoms with Gasteiger partial charge in [-0.1, -0.05) is 0 Å². The summed E-state index contributed by atoms with van der Waals surface area (Å²) < 4.78 is 0. The molecule has 96 valence electrons. The molecular weight excluding hydrogens is 238 g/mol. The van der Waals surface area contributed by atoms with Gasteiger partial charge in [0, 0.05) is 24.8 Å². The van der Waals surface area contributed by atoms with Crippen LogP contribution in [0.15, 0.2) is 18.3 Å². The lowest BCUT2D eigenvalue weighted by Gasteiger charge is -2.23. The number of carbonyl (C=O) groups excluding carboxylic acids is 1. The molecule has 1 fully saturated rings. The lowest BCUT2D eigenvalue weighted by atomic mass is 10.2. The summed E-state index contributed by atoms with van der Waals surface area (Å²) in [5, 5.41) is 18.6. The lowest BCUT2D eigenvalue weighted by Crippen LogP contribution is -2.36. The van der Waals surface area contributed by atoms with Crippen LogP contribution in [0, 0.1) is 0 Å². The van der Waals surface area contributed by atoms with Gasteiger partial charge in [0.05, 0.1) is 6.10 Å². The summed E-state index contributed by atoms with van der Waals surface area (Å²) in [4.78, 5) is 27.4. The number of aliphatic hydroxyl groups excluding tert-OH is 1. The Morgan fingerprint density at radius 1 is 1.50 bits per heavy atom. The van der Waals surface area contributed by atoms with E-state index in [1.54, 1.807) is 6.07 Å². The number of carboxylic acids is 1. The molecule has 2 rings (SSSR count). The Hall–Kier alpha value is -2.15. The average molecular weight is 251 g/mol. The average Bonchev–Trinajstić information content (AvgIpc) is 2.72. The molecule has 0 aliphatic carbocycles. The summed E-state index contributed by atoms with van der Waals surface area (Å²) in [7, 11) is 0. The number of rotatable bonds is 3. The van der Waals surface area contributed by atoms with Crippen LogP contribution >= 0.6 is 0 Å². The molecular formula is C11H13N3O4. The topological polar surface area (TPSA) is 117 Å². The molecule has 0 radical (unpaired) electrons. The second kappa shape index (κ2) is 4.61. The van der Waals surface area contributed by atoms with Crippen molar-refractivity contribution in [3.8, 4) is 0 Å². The van der Waals surface area contributed by atoms with Crippen molar-refractivity contribution in [3.05, 3.63) is 24.0 Å². The van der Waals surface area contributed by atoms with Gasteiger partial charge in [0.15, 0.2) is 0 Å². The first kappa shape index (κ1) is 12.3. The predicted molar refractivity (Wildman–Crippen MR) is 62.1 cm³/mol. The van der Waals surface area contributed by atoms with E-state index < -0.39 is 24.0 Å². The number of aliphatic carboxylic acids is 1. The van der Waals surface area contributed by atoms with Crippen molar-refractivity contribution in [3.63, 3.8) is 0 Å². The van der Waals surface area contributed by atoms with Crippen LogP contribution in [0.25, 0.3) is 0 Å². The molecule has 0 aromatic carbocycles. The van der Waals surface area contributed by atoms with Gasteiger partial charge in [-0.05, 0) is 12.1 Å². The molecule has 7 nitrogen and oxygen atoms in total. The molecule has 4 N–H and O–H groups in total. The lowest BCUT2D eigenvalue weighted by molar-refractivity contribution is -0.138. The Morgan fingerprint density at radius 3 is 2.83 bits per heavy atom.